The Balaban J connectivity index is 2.50. The van der Waals surface area contributed by atoms with Crippen LogP contribution in [0.3, 0.4) is 0 Å². The topological polar surface area (TPSA) is 78.4 Å². The van der Waals surface area contributed by atoms with Gasteiger partial charge in [0.15, 0.2) is 0 Å². The summed E-state index contributed by atoms with van der Waals surface area (Å²) < 4.78 is 0. The summed E-state index contributed by atoms with van der Waals surface area (Å²) >= 11 is 0. The van der Waals surface area contributed by atoms with Crippen molar-refractivity contribution >= 4 is 12.0 Å². The second kappa shape index (κ2) is 5.80. The fourth-order valence-electron chi connectivity index (χ4n) is 2.37. The molecule has 0 heterocycles. The van der Waals surface area contributed by atoms with Gasteiger partial charge in [-0.1, -0.05) is 13.8 Å². The first kappa shape index (κ1) is 15.8. The van der Waals surface area contributed by atoms with Crippen LogP contribution < -0.4 is 10.6 Å². The number of amides is 2. The number of carbonyl (C=O) groups is 2. The molecule has 3 N–H and O–H groups in total. The number of aliphatic carboxylic acids is 1. The molecule has 0 bridgehead atoms. The Morgan fingerprint density at radius 3 is 2.11 bits per heavy atom. The van der Waals surface area contributed by atoms with Crippen molar-refractivity contribution in [2.45, 2.75) is 58.9 Å². The molecule has 0 spiro atoms. The molecule has 0 aromatic carbocycles. The summed E-state index contributed by atoms with van der Waals surface area (Å²) in [4.78, 5) is 23.2. The number of urea groups is 1. The van der Waals surface area contributed by atoms with Gasteiger partial charge in [-0.15, -0.1) is 0 Å². The minimum atomic E-state index is -0.860. The van der Waals surface area contributed by atoms with E-state index < -0.39 is 11.4 Å². The minimum absolute atomic E-state index is 0.169. The van der Waals surface area contributed by atoms with Crippen molar-refractivity contribution in [1.82, 2.24) is 10.6 Å². The predicted molar refractivity (Wildman–Crippen MR) is 74.0 cm³/mol. The summed E-state index contributed by atoms with van der Waals surface area (Å²) in [6.45, 7) is 7.86. The van der Waals surface area contributed by atoms with Gasteiger partial charge < -0.3 is 15.7 Å². The van der Waals surface area contributed by atoms with Crippen molar-refractivity contribution in [2.24, 2.45) is 11.3 Å². The maximum absolute atomic E-state index is 11.9. The van der Waals surface area contributed by atoms with Crippen molar-refractivity contribution in [1.29, 1.82) is 0 Å². The van der Waals surface area contributed by atoms with Crippen molar-refractivity contribution in [3.63, 3.8) is 0 Å². The third-order valence-electron chi connectivity index (χ3n) is 4.43. The molecule has 0 radical (unpaired) electrons. The Morgan fingerprint density at radius 2 is 1.74 bits per heavy atom. The number of rotatable bonds is 7. The summed E-state index contributed by atoms with van der Waals surface area (Å²) in [5, 5.41) is 14.9. The van der Waals surface area contributed by atoms with E-state index in [9.17, 15) is 14.7 Å². The summed E-state index contributed by atoms with van der Waals surface area (Å²) in [6, 6.07) is -0.274. The van der Waals surface area contributed by atoms with Crippen molar-refractivity contribution < 1.29 is 14.7 Å². The standard InChI is InChI=1S/C14H26N2O3/c1-5-14(6-2,11(17)18)9-15-12(19)16-13(3,4)10-7-8-10/h10H,5-9H2,1-4H3,(H,17,18)(H2,15,16,19). The first-order valence-corrected chi connectivity index (χ1v) is 7.07. The Bertz CT molecular complexity index is 345. The average Bonchev–Trinajstić information content (AvgIpc) is 3.14. The lowest BCUT2D eigenvalue weighted by molar-refractivity contribution is -0.149. The number of carboxylic acids is 1. The molecule has 1 fully saturated rings. The van der Waals surface area contributed by atoms with Gasteiger partial charge in [0.1, 0.15) is 0 Å². The Morgan fingerprint density at radius 1 is 1.21 bits per heavy atom. The van der Waals surface area contributed by atoms with Crippen LogP contribution in [0.25, 0.3) is 0 Å². The molecule has 110 valence electrons. The SMILES string of the molecule is CCC(CC)(CNC(=O)NC(C)(C)C1CC1)C(=O)O. The highest BCUT2D eigenvalue weighted by atomic mass is 16.4. The van der Waals surface area contributed by atoms with Crippen LogP contribution in [0.1, 0.15) is 53.4 Å². The summed E-state index contributed by atoms with van der Waals surface area (Å²) in [5.74, 6) is -0.306. The van der Waals surface area contributed by atoms with Crippen LogP contribution in [0.2, 0.25) is 0 Å². The Labute approximate surface area is 115 Å². The molecule has 1 aliphatic rings. The molecule has 0 aliphatic heterocycles. The lowest BCUT2D eigenvalue weighted by Crippen LogP contribution is -2.52. The molecule has 0 unspecified atom stereocenters. The van der Waals surface area contributed by atoms with E-state index in [1.807, 2.05) is 27.7 Å². The first-order chi connectivity index (χ1) is 8.77. The van der Waals surface area contributed by atoms with Crippen LogP contribution in [0.15, 0.2) is 0 Å². The molecule has 0 saturated heterocycles. The number of nitrogens with one attached hydrogen (secondary N) is 2. The zero-order valence-corrected chi connectivity index (χ0v) is 12.4. The number of hydrogen-bond donors (Lipinski definition) is 3. The minimum Gasteiger partial charge on any atom is -0.481 e. The fourth-order valence-corrected chi connectivity index (χ4v) is 2.37. The van der Waals surface area contributed by atoms with Crippen LogP contribution in [-0.2, 0) is 4.79 Å². The van der Waals surface area contributed by atoms with Crippen LogP contribution in [-0.4, -0.2) is 29.2 Å². The summed E-state index contributed by atoms with van der Waals surface area (Å²) in [6.07, 6.45) is 3.31. The molecule has 5 nitrogen and oxygen atoms in total. The monoisotopic (exact) mass is 270 g/mol. The molecule has 19 heavy (non-hydrogen) atoms. The molecule has 2 amide bonds. The normalized spacial score (nSPS) is 16.0. The molecular formula is C14H26N2O3. The number of hydrogen-bond acceptors (Lipinski definition) is 2. The first-order valence-electron chi connectivity index (χ1n) is 7.07. The highest BCUT2D eigenvalue weighted by molar-refractivity contribution is 5.78. The van der Waals surface area contributed by atoms with E-state index in [4.69, 9.17) is 0 Å². The van der Waals surface area contributed by atoms with Crippen LogP contribution >= 0.6 is 0 Å². The number of carboxylic acid groups (broad SMARTS) is 1. The van der Waals surface area contributed by atoms with E-state index in [2.05, 4.69) is 10.6 Å². The van der Waals surface area contributed by atoms with Gasteiger partial charge in [0, 0.05) is 12.1 Å². The molecule has 1 aliphatic carbocycles. The van der Waals surface area contributed by atoms with Crippen LogP contribution in [0.5, 0.6) is 0 Å². The molecule has 5 heteroatoms. The molecule has 1 rings (SSSR count). The predicted octanol–water partition coefficient (Wildman–Crippen LogP) is 2.37. The largest absolute Gasteiger partial charge is 0.481 e. The van der Waals surface area contributed by atoms with Crippen LogP contribution in [0.4, 0.5) is 4.79 Å². The van der Waals surface area contributed by atoms with Gasteiger partial charge in [0.05, 0.1) is 5.41 Å². The summed E-state index contributed by atoms with van der Waals surface area (Å²) in [5.41, 5.74) is -1.07. The smallest absolute Gasteiger partial charge is 0.315 e. The lowest BCUT2D eigenvalue weighted by atomic mass is 9.82. The van der Waals surface area contributed by atoms with E-state index in [0.29, 0.717) is 18.8 Å². The van der Waals surface area contributed by atoms with E-state index >= 15 is 0 Å². The van der Waals surface area contributed by atoms with Gasteiger partial charge in [-0.05, 0) is 45.4 Å². The molecule has 0 aromatic heterocycles. The molecular weight excluding hydrogens is 244 g/mol. The van der Waals surface area contributed by atoms with Gasteiger partial charge in [-0.3, -0.25) is 4.79 Å². The van der Waals surface area contributed by atoms with Crippen molar-refractivity contribution in [3.8, 4) is 0 Å². The third kappa shape index (κ3) is 3.85. The van der Waals surface area contributed by atoms with Gasteiger partial charge in [-0.2, -0.15) is 0 Å². The third-order valence-corrected chi connectivity index (χ3v) is 4.43. The lowest BCUT2D eigenvalue weighted by Gasteiger charge is -2.30. The van der Waals surface area contributed by atoms with Gasteiger partial charge >= 0.3 is 12.0 Å². The Hall–Kier alpha value is -1.26. The van der Waals surface area contributed by atoms with Crippen molar-refractivity contribution in [3.05, 3.63) is 0 Å². The number of carbonyl (C=O) groups excluding carboxylic acids is 1. The second-order valence-electron chi connectivity index (χ2n) is 6.10. The Kier molecular flexibility index (Phi) is 4.82. The van der Waals surface area contributed by atoms with Gasteiger partial charge in [0.25, 0.3) is 0 Å². The molecule has 0 atom stereocenters. The summed E-state index contributed by atoms with van der Waals surface area (Å²) in [7, 11) is 0. The van der Waals surface area contributed by atoms with Crippen molar-refractivity contribution in [2.75, 3.05) is 6.54 Å². The average molecular weight is 270 g/mol. The zero-order valence-electron chi connectivity index (χ0n) is 12.4. The van der Waals surface area contributed by atoms with E-state index in [1.165, 1.54) is 0 Å². The van der Waals surface area contributed by atoms with E-state index in [1.54, 1.807) is 0 Å². The zero-order chi connectivity index (χ0) is 14.7. The molecule has 0 aromatic rings. The van der Waals surface area contributed by atoms with Crippen LogP contribution in [0, 0.1) is 11.3 Å². The quantitative estimate of drug-likeness (QED) is 0.664. The van der Waals surface area contributed by atoms with E-state index in [0.717, 1.165) is 12.8 Å². The second-order valence-corrected chi connectivity index (χ2v) is 6.10. The fraction of sp³-hybridized carbons (Fsp3) is 0.857. The maximum atomic E-state index is 11.9. The van der Waals surface area contributed by atoms with Gasteiger partial charge in [-0.25, -0.2) is 4.79 Å². The highest BCUT2D eigenvalue weighted by Gasteiger charge is 2.39. The molecule has 1 saturated carbocycles. The van der Waals surface area contributed by atoms with Gasteiger partial charge in [0.2, 0.25) is 0 Å². The highest BCUT2D eigenvalue weighted by Crippen LogP contribution is 2.39. The van der Waals surface area contributed by atoms with E-state index in [-0.39, 0.29) is 18.1 Å². The maximum Gasteiger partial charge on any atom is 0.315 e.